The van der Waals surface area contributed by atoms with Gasteiger partial charge >= 0.3 is 0 Å². The highest BCUT2D eigenvalue weighted by atomic mass is 16.2. The number of hydrogen-bond donors (Lipinski definition) is 1. The smallest absolute Gasteiger partial charge is 0.225 e. The number of piperidine rings is 2. The molecule has 5 nitrogen and oxygen atoms in total. The molecule has 5 heteroatoms. The van der Waals surface area contributed by atoms with Gasteiger partial charge in [-0.2, -0.15) is 0 Å². The molecular weight excluding hydrogens is 302 g/mol. The molecule has 0 aromatic carbocycles. The number of carbonyl (C=O) groups is 2. The van der Waals surface area contributed by atoms with E-state index in [2.05, 4.69) is 17.1 Å². The molecule has 1 N–H and O–H groups in total. The van der Waals surface area contributed by atoms with Crippen LogP contribution < -0.4 is 5.32 Å². The van der Waals surface area contributed by atoms with Crippen molar-refractivity contribution < 1.29 is 9.59 Å². The summed E-state index contributed by atoms with van der Waals surface area (Å²) in [6.45, 7) is 10.6. The number of hydrogen-bond acceptors (Lipinski definition) is 3. The Labute approximate surface area is 147 Å². The molecule has 0 radical (unpaired) electrons. The van der Waals surface area contributed by atoms with Crippen LogP contribution >= 0.6 is 0 Å². The Morgan fingerprint density at radius 3 is 2.62 bits per heavy atom. The topological polar surface area (TPSA) is 52.7 Å². The van der Waals surface area contributed by atoms with Crippen molar-refractivity contribution in [1.82, 2.24) is 15.1 Å². The maximum atomic E-state index is 12.6. The first-order chi connectivity index (χ1) is 11.6. The van der Waals surface area contributed by atoms with Gasteiger partial charge in [-0.15, -0.1) is 0 Å². The number of nitrogens with zero attached hydrogens (tertiary/aromatic N) is 2. The van der Waals surface area contributed by atoms with Gasteiger partial charge in [-0.3, -0.25) is 14.5 Å². The van der Waals surface area contributed by atoms with Gasteiger partial charge in [-0.25, -0.2) is 0 Å². The predicted octanol–water partition coefficient (Wildman–Crippen LogP) is 2.26. The molecule has 2 heterocycles. The molecular formula is C19H35N3O2. The summed E-state index contributed by atoms with van der Waals surface area (Å²) in [5, 5.41) is 3.17. The maximum Gasteiger partial charge on any atom is 0.225 e. The minimum absolute atomic E-state index is 0.0366. The lowest BCUT2D eigenvalue weighted by atomic mass is 9.95. The molecule has 0 bridgehead atoms. The molecule has 0 aliphatic carbocycles. The Kier molecular flexibility index (Phi) is 7.53. The molecule has 3 unspecified atom stereocenters. The Morgan fingerprint density at radius 2 is 1.92 bits per heavy atom. The van der Waals surface area contributed by atoms with E-state index in [-0.39, 0.29) is 23.7 Å². The van der Waals surface area contributed by atoms with E-state index in [1.165, 1.54) is 19.3 Å². The van der Waals surface area contributed by atoms with Crippen molar-refractivity contribution in [3.05, 3.63) is 0 Å². The summed E-state index contributed by atoms with van der Waals surface area (Å²) in [7, 11) is 0. The first-order valence-electron chi connectivity index (χ1n) is 9.87. The second kappa shape index (κ2) is 9.40. The molecule has 2 aliphatic heterocycles. The fourth-order valence-electron chi connectivity index (χ4n) is 3.95. The van der Waals surface area contributed by atoms with Crippen molar-refractivity contribution in [2.45, 2.75) is 65.3 Å². The number of rotatable bonds is 6. The van der Waals surface area contributed by atoms with Crippen LogP contribution in [0.15, 0.2) is 0 Å². The van der Waals surface area contributed by atoms with Gasteiger partial charge in [0.05, 0.1) is 5.92 Å². The van der Waals surface area contributed by atoms with Crippen LogP contribution in [-0.4, -0.2) is 60.4 Å². The van der Waals surface area contributed by atoms with Crippen LogP contribution in [0.5, 0.6) is 0 Å². The zero-order valence-corrected chi connectivity index (χ0v) is 15.7. The van der Waals surface area contributed by atoms with Crippen LogP contribution in [0.25, 0.3) is 0 Å². The lowest BCUT2D eigenvalue weighted by Crippen LogP contribution is -2.50. The summed E-state index contributed by atoms with van der Waals surface area (Å²) in [6.07, 6.45) is 6.41. The maximum absolute atomic E-state index is 12.6. The summed E-state index contributed by atoms with van der Waals surface area (Å²) in [4.78, 5) is 29.3. The van der Waals surface area contributed by atoms with Crippen LogP contribution in [-0.2, 0) is 9.59 Å². The van der Waals surface area contributed by atoms with E-state index in [4.69, 9.17) is 0 Å². The van der Waals surface area contributed by atoms with E-state index < -0.39 is 0 Å². The van der Waals surface area contributed by atoms with Gasteiger partial charge in [-0.05, 0) is 45.2 Å². The summed E-state index contributed by atoms with van der Waals surface area (Å²) in [5.74, 6) is 0.371. The van der Waals surface area contributed by atoms with Crippen molar-refractivity contribution in [3.63, 3.8) is 0 Å². The van der Waals surface area contributed by atoms with Crippen molar-refractivity contribution in [3.8, 4) is 0 Å². The average Bonchev–Trinajstić information content (AvgIpc) is 2.65. The molecule has 2 saturated heterocycles. The van der Waals surface area contributed by atoms with Gasteiger partial charge in [0.25, 0.3) is 0 Å². The lowest BCUT2D eigenvalue weighted by molar-refractivity contribution is -0.139. The minimum Gasteiger partial charge on any atom is -0.354 e. The van der Waals surface area contributed by atoms with Crippen molar-refractivity contribution in [2.24, 2.45) is 11.8 Å². The molecule has 24 heavy (non-hydrogen) atoms. The normalized spacial score (nSPS) is 26.9. The van der Waals surface area contributed by atoms with Gasteiger partial charge in [0, 0.05) is 31.6 Å². The van der Waals surface area contributed by atoms with Crippen LogP contribution in [0.2, 0.25) is 0 Å². The van der Waals surface area contributed by atoms with Crippen LogP contribution in [0.1, 0.15) is 59.3 Å². The lowest BCUT2D eigenvalue weighted by Gasteiger charge is -2.36. The second-order valence-corrected chi connectivity index (χ2v) is 7.46. The fourth-order valence-corrected chi connectivity index (χ4v) is 3.95. The standard InChI is InChI=1S/C19H35N3O2/c1-4-15(3)19(24)22-12-8-9-16(14-22)18(23)20-13-17-10-6-7-11-21(17)5-2/h15-17H,4-14H2,1-3H3,(H,20,23). The first kappa shape index (κ1) is 19.2. The summed E-state index contributed by atoms with van der Waals surface area (Å²) < 4.78 is 0. The molecule has 0 spiro atoms. The first-order valence-corrected chi connectivity index (χ1v) is 9.87. The van der Waals surface area contributed by atoms with Gasteiger partial charge in [-0.1, -0.05) is 27.2 Å². The number of nitrogens with one attached hydrogen (secondary N) is 1. The van der Waals surface area contributed by atoms with Gasteiger partial charge < -0.3 is 10.2 Å². The van der Waals surface area contributed by atoms with Crippen LogP contribution in [0.4, 0.5) is 0 Å². The van der Waals surface area contributed by atoms with Gasteiger partial charge in [0.1, 0.15) is 0 Å². The fraction of sp³-hybridized carbons (Fsp3) is 0.895. The Balaban J connectivity index is 1.82. The quantitative estimate of drug-likeness (QED) is 0.809. The number of likely N-dealkylation sites (tertiary alicyclic amines) is 2. The molecule has 0 saturated carbocycles. The van der Waals surface area contributed by atoms with E-state index >= 15 is 0 Å². The van der Waals surface area contributed by atoms with E-state index in [1.807, 2.05) is 18.7 Å². The highest BCUT2D eigenvalue weighted by molar-refractivity contribution is 5.82. The van der Waals surface area contributed by atoms with E-state index in [1.54, 1.807) is 0 Å². The van der Waals surface area contributed by atoms with Crippen LogP contribution in [0, 0.1) is 11.8 Å². The second-order valence-electron chi connectivity index (χ2n) is 7.46. The van der Waals surface area contributed by atoms with Crippen molar-refractivity contribution >= 4 is 11.8 Å². The van der Waals surface area contributed by atoms with E-state index in [9.17, 15) is 9.59 Å². The third-order valence-corrected chi connectivity index (χ3v) is 5.80. The van der Waals surface area contributed by atoms with E-state index in [0.717, 1.165) is 45.4 Å². The zero-order chi connectivity index (χ0) is 17.5. The third-order valence-electron chi connectivity index (χ3n) is 5.80. The van der Waals surface area contributed by atoms with Crippen molar-refractivity contribution in [1.29, 1.82) is 0 Å². The molecule has 2 aliphatic rings. The zero-order valence-electron chi connectivity index (χ0n) is 15.7. The molecule has 2 rings (SSSR count). The van der Waals surface area contributed by atoms with Crippen LogP contribution in [0.3, 0.4) is 0 Å². The van der Waals surface area contributed by atoms with Crippen molar-refractivity contribution in [2.75, 3.05) is 32.7 Å². The average molecular weight is 338 g/mol. The minimum atomic E-state index is -0.0366. The third kappa shape index (κ3) is 4.95. The largest absolute Gasteiger partial charge is 0.354 e. The molecule has 2 fully saturated rings. The molecule has 138 valence electrons. The number of carbonyl (C=O) groups excluding carboxylic acids is 2. The molecule has 0 aromatic rings. The van der Waals surface area contributed by atoms with Gasteiger partial charge in [0.2, 0.25) is 11.8 Å². The molecule has 3 atom stereocenters. The Bertz CT molecular complexity index is 427. The van der Waals surface area contributed by atoms with Gasteiger partial charge in [0.15, 0.2) is 0 Å². The summed E-state index contributed by atoms with van der Waals surface area (Å²) >= 11 is 0. The molecule has 0 aromatic heterocycles. The SMILES string of the molecule is CCC(C)C(=O)N1CCCC(C(=O)NCC2CCCCN2CC)C1. The molecule has 2 amide bonds. The number of likely N-dealkylation sites (N-methyl/N-ethyl adjacent to an activating group) is 1. The summed E-state index contributed by atoms with van der Waals surface area (Å²) in [5.41, 5.74) is 0. The predicted molar refractivity (Wildman–Crippen MR) is 96.7 cm³/mol. The monoisotopic (exact) mass is 337 g/mol. The Hall–Kier alpha value is -1.10. The number of amides is 2. The summed E-state index contributed by atoms with van der Waals surface area (Å²) in [6, 6.07) is 0.481. The highest BCUT2D eigenvalue weighted by Crippen LogP contribution is 2.20. The van der Waals surface area contributed by atoms with E-state index in [0.29, 0.717) is 12.6 Å². The highest BCUT2D eigenvalue weighted by Gasteiger charge is 2.30. The Morgan fingerprint density at radius 1 is 1.12 bits per heavy atom.